The molecule has 0 aliphatic carbocycles. The van der Waals surface area contributed by atoms with Gasteiger partial charge in [0.05, 0.1) is 0 Å². The molecule has 0 atom stereocenters. The van der Waals surface area contributed by atoms with Crippen molar-refractivity contribution in [3.63, 3.8) is 0 Å². The fraction of sp³-hybridized carbons (Fsp3) is 0.286. The van der Waals surface area contributed by atoms with Crippen LogP contribution < -0.4 is 0 Å². The van der Waals surface area contributed by atoms with Gasteiger partial charge in [-0.1, -0.05) is 35.9 Å². The monoisotopic (exact) mass is 365 g/mol. The van der Waals surface area contributed by atoms with Crippen molar-refractivity contribution in [3.05, 3.63) is 65.9 Å². The van der Waals surface area contributed by atoms with E-state index < -0.39 is 0 Å². The molecule has 1 aliphatic heterocycles. The predicted octanol–water partition coefficient (Wildman–Crippen LogP) is 4.07. The quantitative estimate of drug-likeness (QED) is 0.706. The van der Waals surface area contributed by atoms with Crippen LogP contribution >= 0.6 is 11.9 Å². The van der Waals surface area contributed by atoms with Gasteiger partial charge >= 0.3 is 0 Å². The summed E-state index contributed by atoms with van der Waals surface area (Å²) < 4.78 is 2.42. The first-order chi connectivity index (χ1) is 12.7. The van der Waals surface area contributed by atoms with Gasteiger partial charge in [-0.25, -0.2) is 4.31 Å². The Labute approximate surface area is 158 Å². The van der Waals surface area contributed by atoms with E-state index in [1.807, 2.05) is 36.2 Å². The molecule has 0 amide bonds. The SMILES string of the molecule is Cc1ccc(SN2CCN(Cc3ccc4cccnc4c3O)CC2)cc1. The minimum absolute atomic E-state index is 0.319. The van der Waals surface area contributed by atoms with E-state index in [1.54, 1.807) is 6.20 Å². The molecule has 2 heterocycles. The number of aryl methyl sites for hydroxylation is 1. The Morgan fingerprint density at radius 3 is 2.54 bits per heavy atom. The summed E-state index contributed by atoms with van der Waals surface area (Å²) in [4.78, 5) is 8.01. The van der Waals surface area contributed by atoms with Gasteiger partial charge in [-0.15, -0.1) is 0 Å². The van der Waals surface area contributed by atoms with Crippen molar-refractivity contribution in [2.24, 2.45) is 0 Å². The molecule has 4 rings (SSSR count). The van der Waals surface area contributed by atoms with Crippen molar-refractivity contribution < 1.29 is 5.11 Å². The van der Waals surface area contributed by atoms with Gasteiger partial charge in [0, 0.05) is 54.8 Å². The van der Waals surface area contributed by atoms with Crippen LogP contribution in [0.1, 0.15) is 11.1 Å². The number of rotatable bonds is 4. The summed E-state index contributed by atoms with van der Waals surface area (Å²) in [6.07, 6.45) is 1.73. The number of phenolic OH excluding ortho intramolecular Hbond substituents is 1. The van der Waals surface area contributed by atoms with Gasteiger partial charge in [-0.2, -0.15) is 0 Å². The van der Waals surface area contributed by atoms with Crippen LogP contribution in [-0.2, 0) is 6.54 Å². The van der Waals surface area contributed by atoms with Gasteiger partial charge in [0.1, 0.15) is 11.3 Å². The molecule has 1 saturated heterocycles. The average molecular weight is 366 g/mol. The second-order valence-corrected chi connectivity index (χ2v) is 7.93. The van der Waals surface area contributed by atoms with Crippen LogP contribution in [0.5, 0.6) is 5.75 Å². The first-order valence-electron chi connectivity index (χ1n) is 8.96. The fourth-order valence-corrected chi connectivity index (χ4v) is 4.17. The highest BCUT2D eigenvalue weighted by atomic mass is 32.2. The van der Waals surface area contributed by atoms with Gasteiger partial charge in [-0.05, 0) is 37.1 Å². The first kappa shape index (κ1) is 17.3. The summed E-state index contributed by atoms with van der Waals surface area (Å²) in [5.74, 6) is 0.319. The van der Waals surface area contributed by atoms with E-state index in [-0.39, 0.29) is 0 Å². The summed E-state index contributed by atoms with van der Waals surface area (Å²) in [6.45, 7) is 6.92. The minimum Gasteiger partial charge on any atom is -0.505 e. The Kier molecular flexibility index (Phi) is 5.11. The van der Waals surface area contributed by atoms with Crippen LogP contribution in [0.4, 0.5) is 0 Å². The molecule has 0 bridgehead atoms. The molecule has 1 N–H and O–H groups in total. The van der Waals surface area contributed by atoms with Gasteiger partial charge in [0.25, 0.3) is 0 Å². The topological polar surface area (TPSA) is 39.6 Å². The van der Waals surface area contributed by atoms with Crippen molar-refractivity contribution in [3.8, 4) is 5.75 Å². The summed E-state index contributed by atoms with van der Waals surface area (Å²) in [5.41, 5.74) is 2.94. The highest BCUT2D eigenvalue weighted by Gasteiger charge is 2.19. The van der Waals surface area contributed by atoms with Gasteiger partial charge in [-0.3, -0.25) is 9.88 Å². The van der Waals surface area contributed by atoms with E-state index in [0.717, 1.165) is 43.7 Å². The second-order valence-electron chi connectivity index (χ2n) is 6.76. The molecule has 3 aromatic rings. The highest BCUT2D eigenvalue weighted by Crippen LogP contribution is 2.29. The lowest BCUT2D eigenvalue weighted by Gasteiger charge is -2.34. The van der Waals surface area contributed by atoms with E-state index in [9.17, 15) is 5.11 Å². The third-order valence-electron chi connectivity index (χ3n) is 4.81. The second kappa shape index (κ2) is 7.66. The van der Waals surface area contributed by atoms with Gasteiger partial charge < -0.3 is 5.11 Å². The average Bonchev–Trinajstić information content (AvgIpc) is 2.67. The number of hydrogen-bond acceptors (Lipinski definition) is 5. The Bertz CT molecular complexity index is 889. The molecule has 26 heavy (non-hydrogen) atoms. The van der Waals surface area contributed by atoms with Crippen LogP contribution in [0.15, 0.2) is 59.6 Å². The molecule has 0 spiro atoms. The maximum absolute atomic E-state index is 10.5. The molecule has 0 saturated carbocycles. The maximum Gasteiger partial charge on any atom is 0.146 e. The lowest BCUT2D eigenvalue weighted by Crippen LogP contribution is -2.42. The molecule has 134 valence electrons. The summed E-state index contributed by atoms with van der Waals surface area (Å²) >= 11 is 1.83. The minimum atomic E-state index is 0.319. The lowest BCUT2D eigenvalue weighted by molar-refractivity contribution is 0.188. The highest BCUT2D eigenvalue weighted by molar-refractivity contribution is 7.97. The molecular weight excluding hydrogens is 342 g/mol. The molecule has 0 radical (unpaired) electrons. The smallest absolute Gasteiger partial charge is 0.146 e. The van der Waals surface area contributed by atoms with Crippen LogP contribution in [0.2, 0.25) is 0 Å². The van der Waals surface area contributed by atoms with E-state index in [0.29, 0.717) is 11.3 Å². The number of aromatic nitrogens is 1. The van der Waals surface area contributed by atoms with Crippen LogP contribution in [0, 0.1) is 6.92 Å². The normalized spacial score (nSPS) is 16.2. The number of pyridine rings is 1. The third-order valence-corrected chi connectivity index (χ3v) is 5.92. The Hall–Kier alpha value is -2.08. The standard InChI is InChI=1S/C21H23N3OS/c1-16-4-8-19(9-5-16)26-24-13-11-23(12-14-24)15-18-7-6-17-3-2-10-22-20(17)21(18)25/h2-10,25H,11-15H2,1H3. The Morgan fingerprint density at radius 1 is 1.00 bits per heavy atom. The van der Waals surface area contributed by atoms with Crippen molar-refractivity contribution in [2.45, 2.75) is 18.4 Å². The van der Waals surface area contributed by atoms with Crippen molar-refractivity contribution >= 4 is 22.9 Å². The van der Waals surface area contributed by atoms with Crippen molar-refractivity contribution in [1.82, 2.24) is 14.2 Å². The van der Waals surface area contributed by atoms with Gasteiger partial charge in [0.15, 0.2) is 0 Å². The summed E-state index contributed by atoms with van der Waals surface area (Å²) in [5, 5.41) is 11.5. The zero-order chi connectivity index (χ0) is 17.9. The van der Waals surface area contributed by atoms with E-state index in [4.69, 9.17) is 0 Å². The number of hydrogen-bond donors (Lipinski definition) is 1. The predicted molar refractivity (Wildman–Crippen MR) is 107 cm³/mol. The summed E-state index contributed by atoms with van der Waals surface area (Å²) in [6, 6.07) is 16.6. The molecule has 5 heteroatoms. The van der Waals surface area contributed by atoms with E-state index in [2.05, 4.69) is 45.4 Å². The van der Waals surface area contributed by atoms with Crippen molar-refractivity contribution in [2.75, 3.05) is 26.2 Å². The van der Waals surface area contributed by atoms with Gasteiger partial charge in [0.2, 0.25) is 0 Å². The molecule has 1 aromatic heterocycles. The molecule has 0 unspecified atom stereocenters. The number of nitrogens with zero attached hydrogens (tertiary/aromatic N) is 3. The number of piperazine rings is 1. The zero-order valence-corrected chi connectivity index (χ0v) is 15.7. The largest absolute Gasteiger partial charge is 0.505 e. The van der Waals surface area contributed by atoms with Crippen LogP contribution in [0.25, 0.3) is 10.9 Å². The number of phenols is 1. The molecule has 2 aromatic carbocycles. The van der Waals surface area contributed by atoms with Crippen molar-refractivity contribution in [1.29, 1.82) is 0 Å². The molecule has 4 nitrogen and oxygen atoms in total. The zero-order valence-electron chi connectivity index (χ0n) is 14.9. The fourth-order valence-electron chi connectivity index (χ4n) is 3.27. The Balaban J connectivity index is 1.36. The molecule has 1 fully saturated rings. The van der Waals surface area contributed by atoms with Crippen LogP contribution in [-0.4, -0.2) is 45.5 Å². The van der Waals surface area contributed by atoms with E-state index in [1.165, 1.54) is 10.5 Å². The number of benzene rings is 2. The molecule has 1 aliphatic rings. The third kappa shape index (κ3) is 3.85. The number of fused-ring (bicyclic) bond motifs is 1. The van der Waals surface area contributed by atoms with E-state index >= 15 is 0 Å². The number of aromatic hydroxyl groups is 1. The Morgan fingerprint density at radius 2 is 1.77 bits per heavy atom. The van der Waals surface area contributed by atoms with Crippen LogP contribution in [0.3, 0.4) is 0 Å². The summed E-state index contributed by atoms with van der Waals surface area (Å²) in [7, 11) is 0. The first-order valence-corrected chi connectivity index (χ1v) is 9.74. The molecular formula is C21H23N3OS. The lowest BCUT2D eigenvalue weighted by atomic mass is 10.1. The maximum atomic E-state index is 10.5.